The van der Waals surface area contributed by atoms with Crippen LogP contribution in [-0.2, 0) is 6.42 Å². The van der Waals surface area contributed by atoms with Crippen molar-refractivity contribution in [2.24, 2.45) is 0 Å². The van der Waals surface area contributed by atoms with Crippen molar-refractivity contribution in [1.29, 1.82) is 0 Å². The van der Waals surface area contributed by atoms with Gasteiger partial charge in [-0.1, -0.05) is 39.7 Å². The first kappa shape index (κ1) is 13.6. The standard InChI is InChI=1S/C14H14BrIS/c1-9-3-4-10(2)11(5-9)6-13(15)12-7-14(16)17-8-12/h3-5,7-8,13H,6H2,1-2H3. The van der Waals surface area contributed by atoms with Crippen LogP contribution < -0.4 is 0 Å². The van der Waals surface area contributed by atoms with Gasteiger partial charge in [0.05, 0.1) is 2.88 Å². The van der Waals surface area contributed by atoms with E-state index >= 15 is 0 Å². The van der Waals surface area contributed by atoms with Gasteiger partial charge in [0.25, 0.3) is 0 Å². The third-order valence-corrected chi connectivity index (χ3v) is 5.51. The van der Waals surface area contributed by atoms with E-state index in [1.807, 2.05) is 11.3 Å². The third kappa shape index (κ3) is 3.55. The Morgan fingerprint density at radius 1 is 1.29 bits per heavy atom. The molecular formula is C14H14BrIS. The van der Waals surface area contributed by atoms with Gasteiger partial charge in [-0.05, 0) is 71.0 Å². The van der Waals surface area contributed by atoms with Gasteiger partial charge in [-0.15, -0.1) is 11.3 Å². The second kappa shape index (κ2) is 5.85. The van der Waals surface area contributed by atoms with Gasteiger partial charge in [0.2, 0.25) is 0 Å². The van der Waals surface area contributed by atoms with Crippen LogP contribution in [0.1, 0.15) is 27.1 Å². The molecule has 0 amide bonds. The molecule has 0 aliphatic rings. The van der Waals surface area contributed by atoms with Crippen LogP contribution in [0.25, 0.3) is 0 Å². The number of aryl methyl sites for hydroxylation is 2. The molecular weight excluding hydrogens is 407 g/mol. The minimum absolute atomic E-state index is 0.419. The van der Waals surface area contributed by atoms with Crippen LogP contribution in [0.5, 0.6) is 0 Å². The predicted molar refractivity (Wildman–Crippen MR) is 88.3 cm³/mol. The highest BCUT2D eigenvalue weighted by Crippen LogP contribution is 2.32. The molecule has 0 radical (unpaired) electrons. The topological polar surface area (TPSA) is 0 Å². The lowest BCUT2D eigenvalue weighted by Gasteiger charge is -2.11. The molecule has 1 unspecified atom stereocenters. The molecule has 3 heteroatoms. The van der Waals surface area contributed by atoms with Crippen molar-refractivity contribution in [2.45, 2.75) is 25.1 Å². The van der Waals surface area contributed by atoms with Gasteiger partial charge in [0, 0.05) is 4.83 Å². The molecule has 1 heterocycles. The van der Waals surface area contributed by atoms with Gasteiger partial charge in [-0.25, -0.2) is 0 Å². The Kier molecular flexibility index (Phi) is 4.66. The minimum Gasteiger partial charge on any atom is -0.137 e. The van der Waals surface area contributed by atoms with Crippen LogP contribution in [0.3, 0.4) is 0 Å². The Morgan fingerprint density at radius 2 is 2.06 bits per heavy atom. The number of rotatable bonds is 3. The molecule has 0 N–H and O–H groups in total. The average Bonchev–Trinajstić information content (AvgIpc) is 2.70. The summed E-state index contributed by atoms with van der Waals surface area (Å²) in [6.07, 6.45) is 1.06. The Bertz CT molecular complexity index is 519. The summed E-state index contributed by atoms with van der Waals surface area (Å²) in [7, 11) is 0. The first-order valence-corrected chi connectivity index (χ1v) is 8.38. The van der Waals surface area contributed by atoms with Gasteiger partial charge < -0.3 is 0 Å². The maximum absolute atomic E-state index is 3.80. The molecule has 0 aliphatic carbocycles. The predicted octanol–water partition coefficient (Wildman–Crippen LogP) is 5.65. The summed E-state index contributed by atoms with van der Waals surface area (Å²) >= 11 is 7.98. The van der Waals surface area contributed by atoms with Crippen LogP contribution in [0, 0.1) is 16.7 Å². The molecule has 2 rings (SSSR count). The van der Waals surface area contributed by atoms with Gasteiger partial charge in [-0.2, -0.15) is 0 Å². The van der Waals surface area contributed by atoms with Crippen LogP contribution in [0.15, 0.2) is 29.6 Å². The van der Waals surface area contributed by atoms with Gasteiger partial charge >= 0.3 is 0 Å². The Morgan fingerprint density at radius 3 is 2.71 bits per heavy atom. The molecule has 0 nitrogen and oxygen atoms in total. The van der Waals surface area contributed by atoms with Crippen LogP contribution in [-0.4, -0.2) is 0 Å². The second-order valence-electron chi connectivity index (χ2n) is 4.29. The lowest BCUT2D eigenvalue weighted by Crippen LogP contribution is -1.97. The summed E-state index contributed by atoms with van der Waals surface area (Å²) in [4.78, 5) is 0.419. The minimum atomic E-state index is 0.419. The van der Waals surface area contributed by atoms with E-state index < -0.39 is 0 Å². The zero-order valence-corrected chi connectivity index (χ0v) is 14.4. The van der Waals surface area contributed by atoms with Crippen molar-refractivity contribution >= 4 is 49.9 Å². The molecule has 0 fully saturated rings. The molecule has 17 heavy (non-hydrogen) atoms. The first-order chi connectivity index (χ1) is 8.06. The molecule has 1 aromatic heterocycles. The van der Waals surface area contributed by atoms with Crippen molar-refractivity contribution in [3.05, 3.63) is 54.8 Å². The molecule has 0 bridgehead atoms. The normalized spacial score (nSPS) is 12.7. The summed E-state index contributed by atoms with van der Waals surface area (Å²) in [5, 5.41) is 2.24. The number of thiophene rings is 1. The summed E-state index contributed by atoms with van der Waals surface area (Å²) in [6, 6.07) is 8.94. The maximum atomic E-state index is 3.80. The largest absolute Gasteiger partial charge is 0.137 e. The van der Waals surface area contributed by atoms with Crippen molar-refractivity contribution in [3.8, 4) is 0 Å². The summed E-state index contributed by atoms with van der Waals surface area (Å²) in [6.45, 7) is 4.34. The fourth-order valence-electron chi connectivity index (χ4n) is 1.82. The van der Waals surface area contributed by atoms with Crippen molar-refractivity contribution in [1.82, 2.24) is 0 Å². The number of halogens is 2. The average molecular weight is 421 g/mol. The van der Waals surface area contributed by atoms with E-state index in [2.05, 4.69) is 82.0 Å². The number of alkyl halides is 1. The Hall–Kier alpha value is 0.130. The number of hydrogen-bond donors (Lipinski definition) is 0. The molecule has 1 aromatic carbocycles. The monoisotopic (exact) mass is 420 g/mol. The van der Waals surface area contributed by atoms with Crippen LogP contribution in [0.2, 0.25) is 0 Å². The van der Waals surface area contributed by atoms with Crippen molar-refractivity contribution in [2.75, 3.05) is 0 Å². The van der Waals surface area contributed by atoms with E-state index in [0.29, 0.717) is 4.83 Å². The summed E-state index contributed by atoms with van der Waals surface area (Å²) in [5.74, 6) is 0. The van der Waals surface area contributed by atoms with E-state index in [-0.39, 0.29) is 0 Å². The quantitative estimate of drug-likeness (QED) is 0.444. The first-order valence-electron chi connectivity index (χ1n) is 5.50. The van der Waals surface area contributed by atoms with E-state index in [4.69, 9.17) is 0 Å². The summed E-state index contributed by atoms with van der Waals surface area (Å²) in [5.41, 5.74) is 5.54. The molecule has 90 valence electrons. The van der Waals surface area contributed by atoms with Gasteiger partial charge in [-0.3, -0.25) is 0 Å². The smallest absolute Gasteiger partial charge is 0.0656 e. The highest BCUT2D eigenvalue weighted by atomic mass is 127. The lowest BCUT2D eigenvalue weighted by molar-refractivity contribution is 0.941. The highest BCUT2D eigenvalue weighted by Gasteiger charge is 2.11. The second-order valence-corrected chi connectivity index (χ2v) is 8.20. The molecule has 2 aromatic rings. The molecule has 0 saturated carbocycles. The number of benzene rings is 1. The Labute approximate surface area is 129 Å². The maximum Gasteiger partial charge on any atom is 0.0656 e. The molecule has 0 spiro atoms. The zero-order chi connectivity index (χ0) is 12.4. The van der Waals surface area contributed by atoms with Crippen LogP contribution in [0.4, 0.5) is 0 Å². The van der Waals surface area contributed by atoms with E-state index in [0.717, 1.165) is 6.42 Å². The fraction of sp³-hybridized carbons (Fsp3) is 0.286. The van der Waals surface area contributed by atoms with Gasteiger partial charge in [0.1, 0.15) is 0 Å². The SMILES string of the molecule is Cc1ccc(C)c(CC(Br)c2csc(I)c2)c1. The van der Waals surface area contributed by atoms with E-state index in [9.17, 15) is 0 Å². The van der Waals surface area contributed by atoms with Crippen molar-refractivity contribution in [3.63, 3.8) is 0 Å². The van der Waals surface area contributed by atoms with Crippen LogP contribution >= 0.6 is 49.9 Å². The zero-order valence-electron chi connectivity index (χ0n) is 9.84. The van der Waals surface area contributed by atoms with Gasteiger partial charge in [0.15, 0.2) is 0 Å². The Balaban J connectivity index is 2.18. The lowest BCUT2D eigenvalue weighted by atomic mass is 10.00. The third-order valence-electron chi connectivity index (χ3n) is 2.85. The van der Waals surface area contributed by atoms with E-state index in [1.54, 1.807) is 0 Å². The molecule has 0 saturated heterocycles. The number of hydrogen-bond acceptors (Lipinski definition) is 1. The fourth-order valence-corrected chi connectivity index (χ4v) is 4.03. The molecule has 0 aliphatic heterocycles. The molecule has 1 atom stereocenters. The van der Waals surface area contributed by atoms with E-state index in [1.165, 1.54) is 25.1 Å². The summed E-state index contributed by atoms with van der Waals surface area (Å²) < 4.78 is 1.35. The highest BCUT2D eigenvalue weighted by molar-refractivity contribution is 14.1. The van der Waals surface area contributed by atoms with Crippen molar-refractivity contribution < 1.29 is 0 Å².